The summed E-state index contributed by atoms with van der Waals surface area (Å²) in [6, 6.07) is 7.66. The lowest BCUT2D eigenvalue weighted by Gasteiger charge is -2.40. The zero-order valence-corrected chi connectivity index (χ0v) is 12.5. The van der Waals surface area contributed by atoms with E-state index in [0.717, 1.165) is 36.9 Å². The molecular weight excluding hydrogens is 286 g/mol. The maximum absolute atomic E-state index is 12.6. The van der Waals surface area contributed by atoms with Gasteiger partial charge < -0.3 is 10.3 Å². The Bertz CT molecular complexity index is 620. The van der Waals surface area contributed by atoms with Gasteiger partial charge in [0.1, 0.15) is 0 Å². The highest BCUT2D eigenvalue weighted by Crippen LogP contribution is 2.44. The minimum Gasteiger partial charge on any atom is -0.355 e. The number of halogens is 1. The van der Waals surface area contributed by atoms with Crippen molar-refractivity contribution in [3.63, 3.8) is 0 Å². The molecule has 2 aromatic rings. The molecular formula is C16H18ClN3O. The molecule has 5 heteroatoms. The number of aromatic nitrogens is 2. The fourth-order valence-corrected chi connectivity index (χ4v) is 3.05. The third-order valence-electron chi connectivity index (χ3n) is 4.25. The smallest absolute Gasteiger partial charge is 0.230 e. The van der Waals surface area contributed by atoms with Crippen molar-refractivity contribution >= 4 is 17.5 Å². The van der Waals surface area contributed by atoms with Gasteiger partial charge in [-0.15, -0.1) is 0 Å². The average Bonchev–Trinajstić information content (AvgIpc) is 2.91. The number of hydrogen-bond donors (Lipinski definition) is 2. The van der Waals surface area contributed by atoms with E-state index in [1.165, 1.54) is 0 Å². The minimum absolute atomic E-state index is 0.107. The van der Waals surface area contributed by atoms with Crippen LogP contribution in [0.25, 0.3) is 0 Å². The Morgan fingerprint density at radius 1 is 1.43 bits per heavy atom. The van der Waals surface area contributed by atoms with E-state index in [4.69, 9.17) is 11.6 Å². The average molecular weight is 304 g/mol. The second-order valence-corrected chi connectivity index (χ2v) is 5.97. The molecule has 0 saturated heterocycles. The number of carbonyl (C=O) groups is 1. The topological polar surface area (TPSA) is 57.8 Å². The number of H-pyrrole nitrogens is 1. The van der Waals surface area contributed by atoms with E-state index in [1.54, 1.807) is 12.5 Å². The van der Waals surface area contributed by atoms with Gasteiger partial charge in [-0.1, -0.05) is 30.2 Å². The monoisotopic (exact) mass is 303 g/mol. The van der Waals surface area contributed by atoms with Crippen LogP contribution in [0, 0.1) is 0 Å². The summed E-state index contributed by atoms with van der Waals surface area (Å²) >= 11 is 6.07. The lowest BCUT2D eigenvalue weighted by atomic mass is 9.64. The fraction of sp³-hybridized carbons (Fsp3) is 0.375. The van der Waals surface area contributed by atoms with Crippen molar-refractivity contribution in [3.05, 3.63) is 53.1 Å². The number of nitrogens with one attached hydrogen (secondary N) is 2. The predicted octanol–water partition coefficient (Wildman–Crippen LogP) is 2.84. The highest BCUT2D eigenvalue weighted by molar-refractivity contribution is 6.30. The summed E-state index contributed by atoms with van der Waals surface area (Å²) in [6.07, 6.45) is 7.06. The van der Waals surface area contributed by atoms with E-state index in [1.807, 2.05) is 24.3 Å². The van der Waals surface area contributed by atoms with Gasteiger partial charge in [-0.05, 0) is 30.5 Å². The zero-order chi connectivity index (χ0) is 14.7. The standard InChI is InChI=1S/C16H18ClN3O/c17-13-4-1-3-12(9-13)16(6-2-7-16)15(21)19-8-5-14-10-18-11-20-14/h1,3-4,9-11H,2,5-8H2,(H,18,20)(H,19,21). The van der Waals surface area contributed by atoms with Crippen molar-refractivity contribution in [1.29, 1.82) is 0 Å². The molecule has 0 radical (unpaired) electrons. The van der Waals surface area contributed by atoms with Crippen molar-refractivity contribution in [1.82, 2.24) is 15.3 Å². The van der Waals surface area contributed by atoms with Crippen LogP contribution < -0.4 is 5.32 Å². The lowest BCUT2D eigenvalue weighted by Crippen LogP contribution is -2.49. The first-order valence-corrected chi connectivity index (χ1v) is 7.60. The summed E-state index contributed by atoms with van der Waals surface area (Å²) in [5.41, 5.74) is 1.67. The van der Waals surface area contributed by atoms with Crippen molar-refractivity contribution in [2.75, 3.05) is 6.54 Å². The van der Waals surface area contributed by atoms with Crippen LogP contribution in [0.3, 0.4) is 0 Å². The SMILES string of the molecule is O=C(NCCc1cnc[nH]1)C1(c2cccc(Cl)c2)CCC1. The van der Waals surface area contributed by atoms with Gasteiger partial charge in [0.15, 0.2) is 0 Å². The number of benzene rings is 1. The molecule has 1 fully saturated rings. The molecule has 0 atom stereocenters. The number of rotatable bonds is 5. The third kappa shape index (κ3) is 2.81. The van der Waals surface area contributed by atoms with Gasteiger partial charge in [-0.25, -0.2) is 4.98 Å². The first-order valence-electron chi connectivity index (χ1n) is 7.22. The summed E-state index contributed by atoms with van der Waals surface area (Å²) in [4.78, 5) is 19.6. The van der Waals surface area contributed by atoms with Gasteiger partial charge in [0.25, 0.3) is 0 Å². The number of carbonyl (C=O) groups excluding carboxylic acids is 1. The van der Waals surface area contributed by atoms with Gasteiger partial charge in [-0.2, -0.15) is 0 Å². The first-order chi connectivity index (χ1) is 10.2. The highest BCUT2D eigenvalue weighted by Gasteiger charge is 2.45. The van der Waals surface area contributed by atoms with E-state index < -0.39 is 0 Å². The zero-order valence-electron chi connectivity index (χ0n) is 11.7. The second-order valence-electron chi connectivity index (χ2n) is 5.53. The van der Waals surface area contributed by atoms with Crippen molar-refractivity contribution in [2.24, 2.45) is 0 Å². The molecule has 0 bridgehead atoms. The van der Waals surface area contributed by atoms with Crippen LogP contribution in [0.2, 0.25) is 5.02 Å². The summed E-state index contributed by atoms with van der Waals surface area (Å²) in [7, 11) is 0. The molecule has 0 unspecified atom stereocenters. The molecule has 0 aliphatic heterocycles. The van der Waals surface area contributed by atoms with Gasteiger partial charge >= 0.3 is 0 Å². The van der Waals surface area contributed by atoms with E-state index >= 15 is 0 Å². The molecule has 4 nitrogen and oxygen atoms in total. The van der Waals surface area contributed by atoms with Crippen molar-refractivity contribution in [3.8, 4) is 0 Å². The molecule has 1 heterocycles. The minimum atomic E-state index is -0.390. The maximum Gasteiger partial charge on any atom is 0.230 e. The Hall–Kier alpha value is -1.81. The van der Waals surface area contributed by atoms with Crippen LogP contribution in [0.1, 0.15) is 30.5 Å². The molecule has 1 aliphatic carbocycles. The Kier molecular flexibility index (Phi) is 3.97. The van der Waals surface area contributed by atoms with E-state index in [-0.39, 0.29) is 11.3 Å². The number of imidazole rings is 1. The van der Waals surface area contributed by atoms with Gasteiger partial charge in [0, 0.05) is 29.9 Å². The molecule has 1 aliphatic rings. The molecule has 1 saturated carbocycles. The van der Waals surface area contributed by atoms with E-state index in [2.05, 4.69) is 15.3 Å². The molecule has 1 aromatic carbocycles. The largest absolute Gasteiger partial charge is 0.355 e. The van der Waals surface area contributed by atoms with E-state index in [9.17, 15) is 4.79 Å². The lowest BCUT2D eigenvalue weighted by molar-refractivity contribution is -0.129. The summed E-state index contributed by atoms with van der Waals surface area (Å²) in [6.45, 7) is 0.614. The number of aromatic amines is 1. The number of amides is 1. The molecule has 3 rings (SSSR count). The normalized spacial score (nSPS) is 16.2. The molecule has 2 N–H and O–H groups in total. The highest BCUT2D eigenvalue weighted by atomic mass is 35.5. The van der Waals surface area contributed by atoms with Crippen molar-refractivity contribution < 1.29 is 4.79 Å². The molecule has 110 valence electrons. The van der Waals surface area contributed by atoms with Crippen LogP contribution >= 0.6 is 11.6 Å². The number of hydrogen-bond acceptors (Lipinski definition) is 2. The van der Waals surface area contributed by atoms with Gasteiger partial charge in [-0.3, -0.25) is 4.79 Å². The Labute approximate surface area is 128 Å². The molecule has 21 heavy (non-hydrogen) atoms. The van der Waals surface area contributed by atoms with Gasteiger partial charge in [0.2, 0.25) is 5.91 Å². The Morgan fingerprint density at radius 2 is 2.29 bits per heavy atom. The summed E-state index contributed by atoms with van der Waals surface area (Å²) in [5, 5.41) is 3.74. The fourth-order valence-electron chi connectivity index (χ4n) is 2.86. The summed E-state index contributed by atoms with van der Waals surface area (Å²) in [5.74, 6) is 0.107. The second kappa shape index (κ2) is 5.90. The molecule has 1 amide bonds. The number of nitrogens with zero attached hydrogens (tertiary/aromatic N) is 1. The molecule has 1 aromatic heterocycles. The maximum atomic E-state index is 12.6. The van der Waals surface area contributed by atoms with Crippen LogP contribution in [0.5, 0.6) is 0 Å². The van der Waals surface area contributed by atoms with Crippen LogP contribution in [-0.2, 0) is 16.6 Å². The Morgan fingerprint density at radius 3 is 2.90 bits per heavy atom. The molecule has 0 spiro atoms. The summed E-state index contributed by atoms with van der Waals surface area (Å²) < 4.78 is 0. The quantitative estimate of drug-likeness (QED) is 0.892. The van der Waals surface area contributed by atoms with E-state index in [0.29, 0.717) is 11.6 Å². The van der Waals surface area contributed by atoms with Gasteiger partial charge in [0.05, 0.1) is 11.7 Å². The first kappa shape index (κ1) is 14.1. The third-order valence-corrected chi connectivity index (χ3v) is 4.49. The van der Waals surface area contributed by atoms with Crippen LogP contribution in [0.15, 0.2) is 36.8 Å². The van der Waals surface area contributed by atoms with Crippen LogP contribution in [-0.4, -0.2) is 22.4 Å². The Balaban J connectivity index is 1.66. The van der Waals surface area contributed by atoms with Crippen LogP contribution in [0.4, 0.5) is 0 Å². The predicted molar refractivity (Wildman–Crippen MR) is 82.3 cm³/mol. The van der Waals surface area contributed by atoms with Crippen molar-refractivity contribution in [2.45, 2.75) is 31.1 Å².